The van der Waals surface area contributed by atoms with Gasteiger partial charge in [-0.1, -0.05) is 23.9 Å². The minimum absolute atomic E-state index is 0.514. The molecule has 0 aliphatic carbocycles. The van der Waals surface area contributed by atoms with Crippen LogP contribution < -0.4 is 14.2 Å². The van der Waals surface area contributed by atoms with Gasteiger partial charge in [-0.05, 0) is 46.8 Å². The van der Waals surface area contributed by atoms with Gasteiger partial charge in [-0.3, -0.25) is 0 Å². The van der Waals surface area contributed by atoms with Crippen molar-refractivity contribution in [1.82, 2.24) is 20.2 Å². The maximum absolute atomic E-state index is 5.76. The topological polar surface area (TPSA) is 71.3 Å². The summed E-state index contributed by atoms with van der Waals surface area (Å²) in [6.07, 6.45) is 0. The molecule has 1 heterocycles. The summed E-state index contributed by atoms with van der Waals surface area (Å²) in [6, 6.07) is 15.1. The fourth-order valence-corrected chi connectivity index (χ4v) is 2.88. The van der Waals surface area contributed by atoms with Gasteiger partial charge in [0.2, 0.25) is 5.16 Å². The molecule has 0 N–H and O–H groups in total. The van der Waals surface area contributed by atoms with Crippen molar-refractivity contribution in [2.24, 2.45) is 0 Å². The standard InChI is InChI=1S/C17H18N4O3S/c1-22-14-9-7-13(8-10-14)21-17(18-19-20-21)25-12-11-24-16-6-4-3-5-15(16)23-2/h3-10H,11-12H2,1-2H3. The van der Waals surface area contributed by atoms with Crippen molar-refractivity contribution in [3.63, 3.8) is 0 Å². The lowest BCUT2D eigenvalue weighted by atomic mass is 10.3. The smallest absolute Gasteiger partial charge is 0.214 e. The number of rotatable bonds is 8. The highest BCUT2D eigenvalue weighted by Gasteiger charge is 2.09. The Morgan fingerprint density at radius 3 is 2.44 bits per heavy atom. The van der Waals surface area contributed by atoms with Gasteiger partial charge in [-0.25, -0.2) is 0 Å². The van der Waals surface area contributed by atoms with Crippen molar-refractivity contribution in [1.29, 1.82) is 0 Å². The van der Waals surface area contributed by atoms with E-state index in [4.69, 9.17) is 14.2 Å². The van der Waals surface area contributed by atoms with Crippen molar-refractivity contribution in [3.8, 4) is 22.9 Å². The Morgan fingerprint density at radius 1 is 0.960 bits per heavy atom. The number of hydrogen-bond acceptors (Lipinski definition) is 7. The highest BCUT2D eigenvalue weighted by atomic mass is 32.2. The van der Waals surface area contributed by atoms with E-state index in [1.165, 1.54) is 11.8 Å². The quantitative estimate of drug-likeness (QED) is 0.453. The van der Waals surface area contributed by atoms with Crippen LogP contribution in [0.15, 0.2) is 53.7 Å². The van der Waals surface area contributed by atoms with E-state index in [0.717, 1.165) is 22.9 Å². The van der Waals surface area contributed by atoms with Gasteiger partial charge in [0.15, 0.2) is 11.5 Å². The number of aromatic nitrogens is 4. The third-order valence-corrected chi connectivity index (χ3v) is 4.28. The zero-order valence-electron chi connectivity index (χ0n) is 14.0. The molecule has 25 heavy (non-hydrogen) atoms. The highest BCUT2D eigenvalue weighted by Crippen LogP contribution is 2.26. The molecule has 130 valence electrons. The molecule has 0 atom stereocenters. The lowest BCUT2D eigenvalue weighted by Gasteiger charge is -2.10. The number of thioether (sulfide) groups is 1. The molecule has 8 heteroatoms. The fraction of sp³-hybridized carbons (Fsp3) is 0.235. The van der Waals surface area contributed by atoms with Crippen molar-refractivity contribution in [2.45, 2.75) is 5.16 Å². The lowest BCUT2D eigenvalue weighted by molar-refractivity contribution is 0.313. The number of tetrazole rings is 1. The Balaban J connectivity index is 1.58. The van der Waals surface area contributed by atoms with Crippen LogP contribution in [0.4, 0.5) is 0 Å². The molecule has 0 unspecified atom stereocenters. The second-order valence-corrected chi connectivity index (χ2v) is 5.98. The third-order valence-electron chi connectivity index (χ3n) is 3.40. The number of para-hydroxylation sites is 2. The molecule has 0 spiro atoms. The van der Waals surface area contributed by atoms with E-state index >= 15 is 0 Å². The van der Waals surface area contributed by atoms with E-state index in [0.29, 0.717) is 17.5 Å². The number of ether oxygens (including phenoxy) is 3. The summed E-state index contributed by atoms with van der Waals surface area (Å²) >= 11 is 1.52. The maximum atomic E-state index is 5.76. The summed E-state index contributed by atoms with van der Waals surface area (Å²) in [7, 11) is 3.26. The molecule has 3 rings (SSSR count). The Morgan fingerprint density at radius 2 is 1.72 bits per heavy atom. The summed E-state index contributed by atoms with van der Waals surface area (Å²) in [5.74, 6) is 2.93. The molecule has 0 saturated heterocycles. The molecule has 0 aliphatic heterocycles. The average molecular weight is 358 g/mol. The number of methoxy groups -OCH3 is 2. The molecular formula is C17H18N4O3S. The molecule has 0 saturated carbocycles. The van der Waals surface area contributed by atoms with Crippen LogP contribution in [0, 0.1) is 0 Å². The fourth-order valence-electron chi connectivity index (χ4n) is 2.18. The molecule has 0 amide bonds. The number of hydrogen-bond donors (Lipinski definition) is 0. The first kappa shape index (κ1) is 17.1. The predicted octanol–water partition coefficient (Wildman–Crippen LogP) is 2.85. The van der Waals surface area contributed by atoms with E-state index in [2.05, 4.69) is 15.5 Å². The van der Waals surface area contributed by atoms with Gasteiger partial charge in [-0.15, -0.1) is 5.10 Å². The summed E-state index contributed by atoms with van der Waals surface area (Å²) in [4.78, 5) is 0. The number of nitrogens with zero attached hydrogens (tertiary/aromatic N) is 4. The second kappa shape index (κ2) is 8.39. The minimum Gasteiger partial charge on any atom is -0.497 e. The van der Waals surface area contributed by atoms with Crippen molar-refractivity contribution >= 4 is 11.8 Å². The van der Waals surface area contributed by atoms with Crippen LogP contribution in [-0.2, 0) is 0 Å². The molecule has 7 nitrogen and oxygen atoms in total. The first-order valence-corrected chi connectivity index (χ1v) is 8.62. The summed E-state index contributed by atoms with van der Waals surface area (Å²) in [5.41, 5.74) is 0.874. The van der Waals surface area contributed by atoms with Crippen LogP contribution in [0.3, 0.4) is 0 Å². The van der Waals surface area contributed by atoms with Crippen molar-refractivity contribution < 1.29 is 14.2 Å². The van der Waals surface area contributed by atoms with E-state index in [1.807, 2.05) is 48.5 Å². The van der Waals surface area contributed by atoms with Crippen LogP contribution in [0.1, 0.15) is 0 Å². The lowest BCUT2D eigenvalue weighted by Crippen LogP contribution is -2.04. The minimum atomic E-state index is 0.514. The second-order valence-electron chi connectivity index (χ2n) is 4.92. The first-order chi connectivity index (χ1) is 12.3. The molecule has 0 fully saturated rings. The molecule has 0 radical (unpaired) electrons. The average Bonchev–Trinajstić information content (AvgIpc) is 3.14. The van der Waals surface area contributed by atoms with Crippen LogP contribution in [0.5, 0.6) is 17.2 Å². The predicted molar refractivity (Wildman–Crippen MR) is 94.9 cm³/mol. The molecule has 0 aliphatic rings. The maximum Gasteiger partial charge on any atom is 0.214 e. The number of benzene rings is 2. The van der Waals surface area contributed by atoms with Gasteiger partial charge >= 0.3 is 0 Å². The Hall–Kier alpha value is -2.74. The molecular weight excluding hydrogens is 340 g/mol. The van der Waals surface area contributed by atoms with Gasteiger partial charge in [0.1, 0.15) is 5.75 Å². The third kappa shape index (κ3) is 4.21. The van der Waals surface area contributed by atoms with Gasteiger partial charge in [0.05, 0.1) is 26.5 Å². The van der Waals surface area contributed by atoms with Crippen molar-refractivity contribution in [2.75, 3.05) is 26.6 Å². The summed E-state index contributed by atoms with van der Waals surface area (Å²) in [5, 5.41) is 12.6. The zero-order chi connectivity index (χ0) is 17.5. The Labute approximate surface area is 149 Å². The SMILES string of the molecule is COc1ccc(-n2nnnc2SCCOc2ccccc2OC)cc1. The van der Waals surface area contributed by atoms with E-state index in [-0.39, 0.29) is 0 Å². The van der Waals surface area contributed by atoms with E-state index in [9.17, 15) is 0 Å². The van der Waals surface area contributed by atoms with Gasteiger partial charge in [0.25, 0.3) is 0 Å². The van der Waals surface area contributed by atoms with Crippen LogP contribution in [0.2, 0.25) is 0 Å². The van der Waals surface area contributed by atoms with Crippen LogP contribution in [-0.4, -0.2) is 46.8 Å². The monoisotopic (exact) mass is 358 g/mol. The van der Waals surface area contributed by atoms with Gasteiger partial charge in [0, 0.05) is 5.75 Å². The Bertz CT molecular complexity index is 808. The van der Waals surface area contributed by atoms with Gasteiger partial charge in [-0.2, -0.15) is 4.68 Å². The van der Waals surface area contributed by atoms with E-state index in [1.54, 1.807) is 18.9 Å². The molecule has 0 bridgehead atoms. The highest BCUT2D eigenvalue weighted by molar-refractivity contribution is 7.99. The molecule has 3 aromatic rings. The molecule has 1 aromatic heterocycles. The van der Waals surface area contributed by atoms with E-state index < -0.39 is 0 Å². The van der Waals surface area contributed by atoms with Crippen LogP contribution >= 0.6 is 11.8 Å². The summed E-state index contributed by atoms with van der Waals surface area (Å²) in [6.45, 7) is 0.514. The molecule has 2 aromatic carbocycles. The largest absolute Gasteiger partial charge is 0.497 e. The summed E-state index contributed by atoms with van der Waals surface area (Å²) < 4.78 is 17.9. The Kier molecular flexibility index (Phi) is 5.73. The van der Waals surface area contributed by atoms with Crippen molar-refractivity contribution in [3.05, 3.63) is 48.5 Å². The first-order valence-electron chi connectivity index (χ1n) is 7.63. The zero-order valence-corrected chi connectivity index (χ0v) is 14.8. The van der Waals surface area contributed by atoms with Crippen LogP contribution in [0.25, 0.3) is 5.69 Å². The van der Waals surface area contributed by atoms with Gasteiger partial charge < -0.3 is 14.2 Å². The normalized spacial score (nSPS) is 10.5.